The molecule has 0 aliphatic carbocycles. The monoisotopic (exact) mass is 309 g/mol. The second kappa shape index (κ2) is 6.52. The van der Waals surface area contributed by atoms with Gasteiger partial charge in [0, 0.05) is 6.20 Å². The number of nitrogens with zero attached hydrogens (tertiary/aromatic N) is 2. The molecule has 0 spiro atoms. The van der Waals surface area contributed by atoms with E-state index in [0.29, 0.717) is 12.3 Å². The van der Waals surface area contributed by atoms with Crippen LogP contribution in [0.5, 0.6) is 5.75 Å². The van der Waals surface area contributed by atoms with E-state index in [1.54, 1.807) is 6.20 Å². The minimum Gasteiger partial charge on any atom is -0.484 e. The first-order chi connectivity index (χ1) is 11.1. The summed E-state index contributed by atoms with van der Waals surface area (Å²) in [5, 5.41) is 2.83. The Labute approximate surface area is 134 Å². The number of aryl methyl sites for hydroxylation is 2. The number of fused-ring (bicyclic) bond motifs is 1. The Bertz CT molecular complexity index is 839. The van der Waals surface area contributed by atoms with Gasteiger partial charge in [-0.1, -0.05) is 12.1 Å². The molecule has 2 aromatic heterocycles. The minimum absolute atomic E-state index is 0.00813. The maximum absolute atomic E-state index is 11.9. The van der Waals surface area contributed by atoms with Crippen molar-refractivity contribution < 1.29 is 9.53 Å². The average Bonchev–Trinajstić information content (AvgIpc) is 2.97. The van der Waals surface area contributed by atoms with Gasteiger partial charge in [0.05, 0.1) is 18.3 Å². The van der Waals surface area contributed by atoms with Crippen LogP contribution in [0.1, 0.15) is 17.0 Å². The molecule has 0 unspecified atom stereocenters. The molecule has 0 radical (unpaired) electrons. The Balaban J connectivity index is 1.54. The lowest BCUT2D eigenvalue weighted by Crippen LogP contribution is -2.29. The highest BCUT2D eigenvalue weighted by Gasteiger charge is 2.07. The molecule has 0 atom stereocenters. The fraction of sp³-hybridized carbons (Fsp3) is 0.222. The lowest BCUT2D eigenvalue weighted by molar-refractivity contribution is -0.123. The molecular formula is C18H19N3O2. The second-order valence-corrected chi connectivity index (χ2v) is 5.48. The Hall–Kier alpha value is -2.82. The minimum atomic E-state index is -0.170. The molecule has 1 aromatic carbocycles. The molecule has 5 heteroatoms. The van der Waals surface area contributed by atoms with E-state index >= 15 is 0 Å². The van der Waals surface area contributed by atoms with Gasteiger partial charge in [-0.2, -0.15) is 0 Å². The molecule has 2 heterocycles. The van der Waals surface area contributed by atoms with Gasteiger partial charge in [-0.25, -0.2) is 4.98 Å². The van der Waals surface area contributed by atoms with Crippen LogP contribution in [0.3, 0.4) is 0 Å². The van der Waals surface area contributed by atoms with E-state index in [9.17, 15) is 4.79 Å². The maximum atomic E-state index is 11.9. The summed E-state index contributed by atoms with van der Waals surface area (Å²) in [6, 6.07) is 11.7. The third-order valence-electron chi connectivity index (χ3n) is 3.81. The standard InChI is InChI=1S/C18H19N3O2/c1-13-6-7-16(9-14(13)2)23-12-18(22)20-11-17-19-10-15-5-3-4-8-21(15)17/h3-10H,11-12H2,1-2H3,(H,20,22). The number of ether oxygens (including phenoxy) is 1. The molecule has 0 fully saturated rings. The number of hydrogen-bond donors (Lipinski definition) is 1. The van der Waals surface area contributed by atoms with Crippen LogP contribution < -0.4 is 10.1 Å². The van der Waals surface area contributed by atoms with Crippen LogP contribution in [0.25, 0.3) is 5.52 Å². The SMILES string of the molecule is Cc1ccc(OCC(=O)NCc2ncc3ccccn23)cc1C. The molecule has 0 aliphatic heterocycles. The number of imidazole rings is 1. The molecule has 118 valence electrons. The lowest BCUT2D eigenvalue weighted by atomic mass is 10.1. The number of pyridine rings is 1. The summed E-state index contributed by atoms with van der Waals surface area (Å²) < 4.78 is 7.47. The first-order valence-corrected chi connectivity index (χ1v) is 7.51. The number of amides is 1. The van der Waals surface area contributed by atoms with Crippen LogP contribution in [0.4, 0.5) is 0 Å². The van der Waals surface area contributed by atoms with E-state index in [4.69, 9.17) is 4.74 Å². The average molecular weight is 309 g/mol. The Morgan fingerprint density at radius 2 is 2.09 bits per heavy atom. The molecule has 3 aromatic rings. The molecular weight excluding hydrogens is 290 g/mol. The quantitative estimate of drug-likeness (QED) is 0.788. The molecule has 0 aliphatic rings. The molecule has 0 saturated heterocycles. The van der Waals surface area contributed by atoms with Crippen molar-refractivity contribution >= 4 is 11.4 Å². The van der Waals surface area contributed by atoms with E-state index in [-0.39, 0.29) is 12.5 Å². The van der Waals surface area contributed by atoms with Gasteiger partial charge < -0.3 is 14.5 Å². The summed E-state index contributed by atoms with van der Waals surface area (Å²) >= 11 is 0. The molecule has 1 N–H and O–H groups in total. The predicted molar refractivity (Wildman–Crippen MR) is 88.4 cm³/mol. The summed E-state index contributed by atoms with van der Waals surface area (Å²) in [5.74, 6) is 1.32. The Morgan fingerprint density at radius 3 is 2.91 bits per heavy atom. The van der Waals surface area contributed by atoms with E-state index < -0.39 is 0 Å². The van der Waals surface area contributed by atoms with E-state index in [1.165, 1.54) is 5.56 Å². The molecule has 1 amide bonds. The molecule has 0 bridgehead atoms. The van der Waals surface area contributed by atoms with E-state index in [0.717, 1.165) is 16.9 Å². The van der Waals surface area contributed by atoms with Crippen LogP contribution in [-0.4, -0.2) is 21.9 Å². The van der Waals surface area contributed by atoms with Crippen LogP contribution >= 0.6 is 0 Å². The Kier molecular flexibility index (Phi) is 4.28. The fourth-order valence-corrected chi connectivity index (χ4v) is 2.31. The van der Waals surface area contributed by atoms with Crippen LogP contribution in [-0.2, 0) is 11.3 Å². The van der Waals surface area contributed by atoms with E-state index in [1.807, 2.05) is 60.8 Å². The van der Waals surface area contributed by atoms with Crippen molar-refractivity contribution in [1.82, 2.24) is 14.7 Å². The topological polar surface area (TPSA) is 55.6 Å². The first-order valence-electron chi connectivity index (χ1n) is 7.51. The van der Waals surface area contributed by atoms with Crippen LogP contribution in [0, 0.1) is 13.8 Å². The number of aromatic nitrogens is 2. The van der Waals surface area contributed by atoms with Crippen molar-refractivity contribution in [3.8, 4) is 5.75 Å². The van der Waals surface area contributed by atoms with Crippen molar-refractivity contribution in [1.29, 1.82) is 0 Å². The Morgan fingerprint density at radius 1 is 1.22 bits per heavy atom. The number of benzene rings is 1. The number of carbonyl (C=O) groups excluding carboxylic acids is 1. The molecule has 0 saturated carbocycles. The summed E-state index contributed by atoms with van der Waals surface area (Å²) in [6.07, 6.45) is 3.71. The largest absolute Gasteiger partial charge is 0.484 e. The highest BCUT2D eigenvalue weighted by atomic mass is 16.5. The normalized spacial score (nSPS) is 10.7. The number of hydrogen-bond acceptors (Lipinski definition) is 3. The predicted octanol–water partition coefficient (Wildman–Crippen LogP) is 2.65. The third-order valence-corrected chi connectivity index (χ3v) is 3.81. The van der Waals surface area contributed by atoms with Crippen molar-refractivity contribution in [3.05, 3.63) is 65.7 Å². The van der Waals surface area contributed by atoms with Crippen molar-refractivity contribution in [2.24, 2.45) is 0 Å². The van der Waals surface area contributed by atoms with Crippen molar-refractivity contribution in [3.63, 3.8) is 0 Å². The van der Waals surface area contributed by atoms with E-state index in [2.05, 4.69) is 10.3 Å². The summed E-state index contributed by atoms with van der Waals surface area (Å²) in [5.41, 5.74) is 3.35. The van der Waals surface area contributed by atoms with Gasteiger partial charge in [0.2, 0.25) is 0 Å². The van der Waals surface area contributed by atoms with Gasteiger partial charge in [-0.05, 0) is 49.2 Å². The second-order valence-electron chi connectivity index (χ2n) is 5.48. The molecule has 23 heavy (non-hydrogen) atoms. The zero-order valence-electron chi connectivity index (χ0n) is 13.2. The first kappa shape index (κ1) is 15.1. The summed E-state index contributed by atoms with van der Waals surface area (Å²) in [7, 11) is 0. The molecule has 3 rings (SSSR count). The smallest absolute Gasteiger partial charge is 0.258 e. The zero-order chi connectivity index (χ0) is 16.2. The molecule has 5 nitrogen and oxygen atoms in total. The van der Waals surface area contributed by atoms with Gasteiger partial charge in [0.1, 0.15) is 11.6 Å². The van der Waals surface area contributed by atoms with Gasteiger partial charge in [0.15, 0.2) is 6.61 Å². The summed E-state index contributed by atoms with van der Waals surface area (Å²) in [4.78, 5) is 16.2. The van der Waals surface area contributed by atoms with Gasteiger partial charge >= 0.3 is 0 Å². The van der Waals surface area contributed by atoms with Crippen molar-refractivity contribution in [2.75, 3.05) is 6.61 Å². The van der Waals surface area contributed by atoms with Crippen molar-refractivity contribution in [2.45, 2.75) is 20.4 Å². The van der Waals surface area contributed by atoms with Gasteiger partial charge in [-0.15, -0.1) is 0 Å². The van der Waals surface area contributed by atoms with Gasteiger partial charge in [0.25, 0.3) is 5.91 Å². The highest BCUT2D eigenvalue weighted by molar-refractivity contribution is 5.77. The van der Waals surface area contributed by atoms with Crippen LogP contribution in [0.15, 0.2) is 48.8 Å². The maximum Gasteiger partial charge on any atom is 0.258 e. The highest BCUT2D eigenvalue weighted by Crippen LogP contribution is 2.16. The number of carbonyl (C=O) groups is 1. The lowest BCUT2D eigenvalue weighted by Gasteiger charge is -2.09. The summed E-state index contributed by atoms with van der Waals surface area (Å²) in [6.45, 7) is 4.42. The zero-order valence-corrected chi connectivity index (χ0v) is 13.2. The third kappa shape index (κ3) is 3.51. The number of rotatable bonds is 5. The van der Waals surface area contributed by atoms with Gasteiger partial charge in [-0.3, -0.25) is 4.79 Å². The fourth-order valence-electron chi connectivity index (χ4n) is 2.31. The van der Waals surface area contributed by atoms with Crippen LogP contribution in [0.2, 0.25) is 0 Å². The number of nitrogens with one attached hydrogen (secondary N) is 1.